The van der Waals surface area contributed by atoms with E-state index in [0.29, 0.717) is 13.2 Å². The van der Waals surface area contributed by atoms with Crippen LogP contribution in [-0.4, -0.2) is 30.8 Å². The average Bonchev–Trinajstić information content (AvgIpc) is 3.01. The summed E-state index contributed by atoms with van der Waals surface area (Å²) in [4.78, 5) is 9.99. The maximum absolute atomic E-state index is 6.13. The molecule has 24 heavy (non-hydrogen) atoms. The van der Waals surface area contributed by atoms with Crippen LogP contribution >= 0.6 is 0 Å². The highest BCUT2D eigenvalue weighted by Gasteiger charge is 2.51. The Hall–Kier alpha value is -1.37. The molecule has 0 spiro atoms. The maximum atomic E-state index is 6.13. The highest BCUT2D eigenvalue weighted by atomic mass is 16.7. The summed E-state index contributed by atoms with van der Waals surface area (Å²) in [5.74, 6) is 0.807. The van der Waals surface area contributed by atoms with Crippen molar-refractivity contribution in [3.8, 4) is 0 Å². The van der Waals surface area contributed by atoms with E-state index in [1.54, 1.807) is 0 Å². The van der Waals surface area contributed by atoms with Crippen molar-refractivity contribution in [3.63, 3.8) is 0 Å². The monoisotopic (exact) mass is 330 g/mol. The fourth-order valence-electron chi connectivity index (χ4n) is 2.77. The molecule has 130 valence electrons. The second kappa shape index (κ2) is 6.50. The van der Waals surface area contributed by atoms with E-state index in [9.17, 15) is 0 Å². The molecule has 0 amide bonds. The van der Waals surface area contributed by atoms with Crippen LogP contribution in [0.3, 0.4) is 0 Å². The highest BCUT2D eigenvalue weighted by Crippen LogP contribution is 2.36. The van der Waals surface area contributed by atoms with Crippen LogP contribution in [0.1, 0.15) is 58.6 Å². The van der Waals surface area contributed by atoms with Gasteiger partial charge in [0.05, 0.1) is 24.4 Å². The second-order valence-electron chi connectivity index (χ2n) is 7.47. The Labute approximate surface area is 144 Å². The topological polar surface area (TPSA) is 52.1 Å². The van der Waals surface area contributed by atoms with Gasteiger partial charge in [0.1, 0.15) is 0 Å². The molecule has 0 saturated carbocycles. The largest absolute Gasteiger partial charge is 0.494 e. The number of hydrogen-bond acceptors (Lipinski definition) is 5. The minimum atomic E-state index is -0.335. The third-order valence-electron chi connectivity index (χ3n) is 5.09. The van der Waals surface area contributed by atoms with Gasteiger partial charge >= 0.3 is 7.12 Å². The number of benzene rings is 1. The van der Waals surface area contributed by atoms with E-state index in [4.69, 9.17) is 14.1 Å². The van der Waals surface area contributed by atoms with Gasteiger partial charge in [0, 0.05) is 5.56 Å². The Kier molecular flexibility index (Phi) is 4.73. The van der Waals surface area contributed by atoms with Gasteiger partial charge in [-0.25, -0.2) is 5.48 Å². The Morgan fingerprint density at radius 2 is 1.92 bits per heavy atom. The lowest BCUT2D eigenvalue weighted by molar-refractivity contribution is 0.00578. The van der Waals surface area contributed by atoms with Crippen molar-refractivity contribution < 1.29 is 14.1 Å². The minimum Gasteiger partial charge on any atom is -0.399 e. The van der Waals surface area contributed by atoms with E-state index in [2.05, 4.69) is 63.3 Å². The van der Waals surface area contributed by atoms with E-state index < -0.39 is 0 Å². The molecule has 2 aliphatic rings. The molecule has 0 unspecified atom stereocenters. The van der Waals surface area contributed by atoms with Crippen LogP contribution in [0.4, 0.5) is 0 Å². The van der Waals surface area contributed by atoms with Gasteiger partial charge in [0.2, 0.25) is 0 Å². The number of hydroxylamine groups is 1. The summed E-state index contributed by atoms with van der Waals surface area (Å²) < 4.78 is 12.3. The number of rotatable bonds is 5. The molecule has 3 rings (SSSR count). The average molecular weight is 330 g/mol. The van der Waals surface area contributed by atoms with Crippen LogP contribution < -0.4 is 10.9 Å². The smallest absolute Gasteiger partial charge is 0.399 e. The molecule has 0 aliphatic carbocycles. The molecule has 1 saturated heterocycles. The van der Waals surface area contributed by atoms with Gasteiger partial charge in [-0.1, -0.05) is 31.5 Å². The van der Waals surface area contributed by atoms with Crippen molar-refractivity contribution in [2.75, 3.05) is 6.61 Å². The van der Waals surface area contributed by atoms with Crippen molar-refractivity contribution >= 4 is 18.4 Å². The van der Waals surface area contributed by atoms with Crippen molar-refractivity contribution in [1.29, 1.82) is 0 Å². The van der Waals surface area contributed by atoms with Crippen molar-refractivity contribution in [1.82, 2.24) is 5.48 Å². The first kappa shape index (κ1) is 17.5. The summed E-state index contributed by atoms with van der Waals surface area (Å²) in [6.07, 6.45) is 2.15. The van der Waals surface area contributed by atoms with Crippen LogP contribution in [0.2, 0.25) is 0 Å². The molecule has 0 radical (unpaired) electrons. The van der Waals surface area contributed by atoms with Gasteiger partial charge in [-0.2, -0.15) is 0 Å². The van der Waals surface area contributed by atoms with Gasteiger partial charge in [-0.05, 0) is 45.1 Å². The first-order valence-electron chi connectivity index (χ1n) is 8.75. The van der Waals surface area contributed by atoms with Crippen LogP contribution in [0.15, 0.2) is 23.2 Å². The summed E-state index contributed by atoms with van der Waals surface area (Å²) in [7, 11) is -0.335. The highest BCUT2D eigenvalue weighted by molar-refractivity contribution is 6.62. The van der Waals surface area contributed by atoms with Crippen molar-refractivity contribution in [3.05, 3.63) is 29.3 Å². The molecule has 1 fully saturated rings. The van der Waals surface area contributed by atoms with Gasteiger partial charge in [-0.3, -0.25) is 9.83 Å². The fourth-order valence-corrected chi connectivity index (χ4v) is 2.77. The molecule has 0 bridgehead atoms. The van der Waals surface area contributed by atoms with Gasteiger partial charge in [0.25, 0.3) is 0 Å². The molecule has 1 aromatic carbocycles. The molecule has 1 aromatic rings. The van der Waals surface area contributed by atoms with E-state index in [1.807, 2.05) is 0 Å². The Balaban J connectivity index is 1.69. The SMILES string of the molecule is CCCCONC1=NCc2cc(B3OC(C)(C)C(C)(C)O3)ccc21. The van der Waals surface area contributed by atoms with Gasteiger partial charge in [-0.15, -0.1) is 0 Å². The zero-order chi connectivity index (χ0) is 17.4. The molecule has 2 heterocycles. The number of nitrogens with one attached hydrogen (secondary N) is 1. The molecule has 0 atom stereocenters. The fraction of sp³-hybridized carbons (Fsp3) is 0.611. The predicted molar refractivity (Wildman–Crippen MR) is 96.4 cm³/mol. The number of fused-ring (bicyclic) bond motifs is 1. The molecular weight excluding hydrogens is 303 g/mol. The lowest BCUT2D eigenvalue weighted by Gasteiger charge is -2.32. The maximum Gasteiger partial charge on any atom is 0.494 e. The number of aliphatic imine (C=N–C) groups is 1. The zero-order valence-electron chi connectivity index (χ0n) is 15.3. The third kappa shape index (κ3) is 3.23. The normalized spacial score (nSPS) is 20.9. The standard InChI is InChI=1S/C18H27BN2O3/c1-6-7-10-22-21-16-15-9-8-14(11-13(15)12-20-16)19-23-17(2,3)18(4,5)24-19/h8-9,11H,6-7,10,12H2,1-5H3,(H,20,21). The lowest BCUT2D eigenvalue weighted by Crippen LogP contribution is -2.41. The number of amidine groups is 1. The van der Waals surface area contributed by atoms with Gasteiger partial charge < -0.3 is 9.31 Å². The van der Waals surface area contributed by atoms with Gasteiger partial charge in [0.15, 0.2) is 5.84 Å². The minimum absolute atomic E-state index is 0.326. The second-order valence-corrected chi connectivity index (χ2v) is 7.47. The summed E-state index contributed by atoms with van der Waals surface area (Å²) >= 11 is 0. The Morgan fingerprint density at radius 3 is 2.58 bits per heavy atom. The first-order chi connectivity index (χ1) is 11.3. The van der Waals surface area contributed by atoms with E-state index in [1.165, 1.54) is 5.56 Å². The van der Waals surface area contributed by atoms with Crippen LogP contribution in [0.25, 0.3) is 0 Å². The predicted octanol–water partition coefficient (Wildman–Crippen LogP) is 2.57. The molecular formula is C18H27BN2O3. The summed E-state index contributed by atoms with van der Waals surface area (Å²) in [5, 5.41) is 0. The Morgan fingerprint density at radius 1 is 1.21 bits per heavy atom. The summed E-state index contributed by atoms with van der Waals surface area (Å²) in [5.41, 5.74) is 5.62. The summed E-state index contributed by atoms with van der Waals surface area (Å²) in [6.45, 7) is 11.8. The van der Waals surface area contributed by atoms with E-state index >= 15 is 0 Å². The molecule has 1 N–H and O–H groups in total. The van der Waals surface area contributed by atoms with Crippen LogP contribution in [-0.2, 0) is 20.7 Å². The van der Waals surface area contributed by atoms with Crippen LogP contribution in [0.5, 0.6) is 0 Å². The van der Waals surface area contributed by atoms with E-state index in [0.717, 1.165) is 29.7 Å². The molecule has 0 aromatic heterocycles. The van der Waals surface area contributed by atoms with Crippen LogP contribution in [0, 0.1) is 0 Å². The summed E-state index contributed by atoms with van der Waals surface area (Å²) in [6, 6.07) is 6.25. The number of unbranched alkanes of at least 4 members (excludes halogenated alkanes) is 1. The first-order valence-corrected chi connectivity index (χ1v) is 8.75. The molecule has 2 aliphatic heterocycles. The quantitative estimate of drug-likeness (QED) is 0.512. The Bertz CT molecular complexity index is 627. The third-order valence-corrected chi connectivity index (χ3v) is 5.09. The zero-order valence-corrected chi connectivity index (χ0v) is 15.3. The molecule has 5 nitrogen and oxygen atoms in total. The molecule has 6 heteroatoms. The number of nitrogens with zero attached hydrogens (tertiary/aromatic N) is 1. The number of hydrogen-bond donors (Lipinski definition) is 1. The van der Waals surface area contributed by atoms with Crippen molar-refractivity contribution in [2.24, 2.45) is 4.99 Å². The van der Waals surface area contributed by atoms with E-state index in [-0.39, 0.29) is 18.3 Å². The lowest BCUT2D eigenvalue weighted by atomic mass is 9.78. The van der Waals surface area contributed by atoms with Crippen molar-refractivity contribution in [2.45, 2.75) is 65.2 Å².